The molecular formula is C29H36NOP. The topological polar surface area (TPSA) is 21.6 Å². The van der Waals surface area contributed by atoms with Gasteiger partial charge in [-0.15, -0.1) is 0 Å². The SMILES string of the molecule is CCC(C)(Pc1ccccc1/C=N/C(C)(C)C)c1cccc(C)c1OCc1ccccc1. The minimum absolute atomic E-state index is 0.0241. The molecule has 0 amide bonds. The van der Waals surface area contributed by atoms with Gasteiger partial charge in [0.15, 0.2) is 0 Å². The summed E-state index contributed by atoms with van der Waals surface area (Å²) in [5.74, 6) is 1.02. The summed E-state index contributed by atoms with van der Waals surface area (Å²) in [4.78, 5) is 4.77. The third-order valence-electron chi connectivity index (χ3n) is 5.70. The van der Waals surface area contributed by atoms with E-state index in [0.717, 1.165) is 12.2 Å². The van der Waals surface area contributed by atoms with Crippen LogP contribution in [-0.2, 0) is 11.8 Å². The number of para-hydroxylation sites is 1. The molecule has 0 aromatic heterocycles. The first-order valence-electron chi connectivity index (χ1n) is 11.4. The number of hydrogen-bond acceptors (Lipinski definition) is 2. The number of aryl methyl sites for hydroxylation is 1. The van der Waals surface area contributed by atoms with Crippen LogP contribution in [0.25, 0.3) is 0 Å². The molecule has 3 heteroatoms. The quantitative estimate of drug-likeness (QED) is 0.261. The van der Waals surface area contributed by atoms with Crippen LogP contribution >= 0.6 is 8.58 Å². The maximum atomic E-state index is 6.44. The Morgan fingerprint density at radius 2 is 1.56 bits per heavy atom. The molecule has 3 aromatic rings. The lowest BCUT2D eigenvalue weighted by Crippen LogP contribution is -2.21. The van der Waals surface area contributed by atoms with Crippen molar-refractivity contribution in [1.29, 1.82) is 0 Å². The molecule has 3 rings (SSSR count). The number of aliphatic imine (C=N–C) groups is 1. The third kappa shape index (κ3) is 6.30. The lowest BCUT2D eigenvalue weighted by Gasteiger charge is -2.32. The van der Waals surface area contributed by atoms with Crippen LogP contribution in [0.2, 0.25) is 0 Å². The number of hydrogen-bond donors (Lipinski definition) is 0. The summed E-state index contributed by atoms with van der Waals surface area (Å²) in [5.41, 5.74) is 4.78. The number of benzene rings is 3. The van der Waals surface area contributed by atoms with Gasteiger partial charge < -0.3 is 4.74 Å². The smallest absolute Gasteiger partial charge is 0.126 e. The maximum absolute atomic E-state index is 6.44. The summed E-state index contributed by atoms with van der Waals surface area (Å²) >= 11 is 0. The van der Waals surface area contributed by atoms with E-state index in [0.29, 0.717) is 15.2 Å². The average molecular weight is 446 g/mol. The third-order valence-corrected chi connectivity index (χ3v) is 7.60. The molecule has 0 saturated heterocycles. The summed E-state index contributed by atoms with van der Waals surface area (Å²) in [6.45, 7) is 13.8. The number of ether oxygens (including phenoxy) is 1. The average Bonchev–Trinajstić information content (AvgIpc) is 2.77. The highest BCUT2D eigenvalue weighted by atomic mass is 31.1. The molecule has 0 spiro atoms. The van der Waals surface area contributed by atoms with Gasteiger partial charge in [-0.2, -0.15) is 0 Å². The number of nitrogens with zero attached hydrogens (tertiary/aromatic N) is 1. The lowest BCUT2D eigenvalue weighted by atomic mass is 9.94. The van der Waals surface area contributed by atoms with Crippen LogP contribution in [0.1, 0.15) is 63.3 Å². The molecule has 0 aliphatic carbocycles. The van der Waals surface area contributed by atoms with Gasteiger partial charge in [0.2, 0.25) is 0 Å². The van der Waals surface area contributed by atoms with Gasteiger partial charge in [0.25, 0.3) is 0 Å². The van der Waals surface area contributed by atoms with Crippen LogP contribution < -0.4 is 10.0 Å². The molecule has 0 aliphatic heterocycles. The highest BCUT2D eigenvalue weighted by molar-refractivity contribution is 7.48. The van der Waals surface area contributed by atoms with Crippen molar-refractivity contribution in [2.45, 2.75) is 65.3 Å². The second-order valence-corrected chi connectivity index (χ2v) is 11.4. The largest absolute Gasteiger partial charge is 0.488 e. The first kappa shape index (κ1) is 24.2. The van der Waals surface area contributed by atoms with Crippen molar-refractivity contribution >= 4 is 20.1 Å². The van der Waals surface area contributed by atoms with E-state index in [1.807, 2.05) is 12.3 Å². The molecule has 0 aliphatic rings. The van der Waals surface area contributed by atoms with Gasteiger partial charge in [-0.1, -0.05) is 95.2 Å². The monoisotopic (exact) mass is 445 g/mol. The minimum Gasteiger partial charge on any atom is -0.488 e. The van der Waals surface area contributed by atoms with E-state index < -0.39 is 0 Å². The van der Waals surface area contributed by atoms with Crippen molar-refractivity contribution in [2.75, 3.05) is 0 Å². The van der Waals surface area contributed by atoms with Gasteiger partial charge >= 0.3 is 0 Å². The summed E-state index contributed by atoms with van der Waals surface area (Å²) < 4.78 is 6.44. The van der Waals surface area contributed by atoms with E-state index in [1.54, 1.807) is 0 Å². The van der Waals surface area contributed by atoms with Gasteiger partial charge in [-0.05, 0) is 56.1 Å². The fourth-order valence-electron chi connectivity index (χ4n) is 3.64. The summed E-state index contributed by atoms with van der Waals surface area (Å²) in [6.07, 6.45) is 3.07. The first-order chi connectivity index (χ1) is 15.2. The molecule has 0 fully saturated rings. The Bertz CT molecular complexity index is 1050. The summed E-state index contributed by atoms with van der Waals surface area (Å²) in [7, 11) is 0.611. The lowest BCUT2D eigenvalue weighted by molar-refractivity contribution is 0.297. The van der Waals surface area contributed by atoms with Crippen molar-refractivity contribution < 1.29 is 4.74 Å². The molecular weight excluding hydrogens is 409 g/mol. The molecule has 0 bridgehead atoms. The van der Waals surface area contributed by atoms with E-state index in [9.17, 15) is 0 Å². The van der Waals surface area contributed by atoms with Crippen molar-refractivity contribution in [1.82, 2.24) is 0 Å². The molecule has 0 saturated carbocycles. The predicted molar refractivity (Wildman–Crippen MR) is 141 cm³/mol. The highest BCUT2D eigenvalue weighted by Crippen LogP contribution is 2.48. The molecule has 32 heavy (non-hydrogen) atoms. The van der Waals surface area contributed by atoms with Crippen LogP contribution in [0, 0.1) is 6.92 Å². The second kappa shape index (κ2) is 10.5. The summed E-state index contributed by atoms with van der Waals surface area (Å²) in [6, 6.07) is 25.6. The Labute approximate surface area is 195 Å². The Balaban J connectivity index is 1.94. The fraction of sp³-hybridized carbons (Fsp3) is 0.345. The summed E-state index contributed by atoms with van der Waals surface area (Å²) in [5, 5.41) is 1.32. The predicted octanol–water partition coefficient (Wildman–Crippen LogP) is 7.42. The van der Waals surface area contributed by atoms with Crippen LogP contribution in [0.15, 0.2) is 77.8 Å². The van der Waals surface area contributed by atoms with E-state index in [4.69, 9.17) is 9.73 Å². The Morgan fingerprint density at radius 1 is 0.875 bits per heavy atom. The number of rotatable bonds is 8. The van der Waals surface area contributed by atoms with E-state index in [2.05, 4.69) is 108 Å². The zero-order chi connectivity index (χ0) is 23.2. The van der Waals surface area contributed by atoms with Gasteiger partial charge in [0.1, 0.15) is 12.4 Å². The maximum Gasteiger partial charge on any atom is 0.126 e. The molecule has 2 nitrogen and oxygen atoms in total. The van der Waals surface area contributed by atoms with Crippen molar-refractivity contribution in [3.8, 4) is 5.75 Å². The van der Waals surface area contributed by atoms with E-state index in [1.165, 1.54) is 27.6 Å². The van der Waals surface area contributed by atoms with Crippen molar-refractivity contribution in [3.63, 3.8) is 0 Å². The normalized spacial score (nSPS) is 14.2. The molecule has 0 heterocycles. The van der Waals surface area contributed by atoms with Crippen molar-refractivity contribution in [3.05, 3.63) is 95.1 Å². The standard InChI is InChI=1S/C29H36NOP/c1-7-29(6,32-26-19-12-11-17-24(26)20-30-28(3,4)5)25-18-13-14-22(2)27(25)31-21-23-15-9-8-10-16-23/h8-20,32H,7,21H2,1-6H3/b30-20+. The molecule has 0 radical (unpaired) electrons. The highest BCUT2D eigenvalue weighted by Gasteiger charge is 2.30. The Morgan fingerprint density at radius 3 is 2.25 bits per heavy atom. The molecule has 2 atom stereocenters. The molecule has 2 unspecified atom stereocenters. The molecule has 168 valence electrons. The Kier molecular flexibility index (Phi) is 7.91. The zero-order valence-corrected chi connectivity index (χ0v) is 21.3. The van der Waals surface area contributed by atoms with Crippen LogP contribution in [0.3, 0.4) is 0 Å². The van der Waals surface area contributed by atoms with Gasteiger partial charge in [-0.25, -0.2) is 0 Å². The van der Waals surface area contributed by atoms with Gasteiger partial charge in [-0.3, -0.25) is 4.99 Å². The minimum atomic E-state index is -0.0841. The van der Waals surface area contributed by atoms with Crippen molar-refractivity contribution in [2.24, 2.45) is 4.99 Å². The molecule has 3 aromatic carbocycles. The van der Waals surface area contributed by atoms with Crippen LogP contribution in [-0.4, -0.2) is 11.8 Å². The van der Waals surface area contributed by atoms with E-state index in [-0.39, 0.29) is 10.7 Å². The zero-order valence-electron chi connectivity index (χ0n) is 20.3. The van der Waals surface area contributed by atoms with Crippen LogP contribution in [0.5, 0.6) is 5.75 Å². The van der Waals surface area contributed by atoms with Gasteiger partial charge in [0, 0.05) is 16.9 Å². The van der Waals surface area contributed by atoms with Crippen LogP contribution in [0.4, 0.5) is 0 Å². The van der Waals surface area contributed by atoms with E-state index >= 15 is 0 Å². The van der Waals surface area contributed by atoms with Gasteiger partial charge in [0.05, 0.1) is 5.54 Å². The Hall–Kier alpha value is -2.44. The first-order valence-corrected chi connectivity index (χ1v) is 12.4. The second-order valence-electron chi connectivity index (χ2n) is 9.55. The molecule has 0 N–H and O–H groups in total. The fourth-order valence-corrected chi connectivity index (χ4v) is 5.21.